The minimum Gasteiger partial charge on any atom is -0.384 e. The van der Waals surface area contributed by atoms with Crippen LogP contribution in [0.2, 0.25) is 0 Å². The zero-order valence-corrected chi connectivity index (χ0v) is 11.4. The summed E-state index contributed by atoms with van der Waals surface area (Å²) in [5.41, 5.74) is 3.05. The summed E-state index contributed by atoms with van der Waals surface area (Å²) in [6.07, 6.45) is 1.34. The molecule has 0 fully saturated rings. The molecule has 4 heteroatoms. The first-order chi connectivity index (χ1) is 9.13. The molecule has 0 radical (unpaired) electrons. The van der Waals surface area contributed by atoms with Gasteiger partial charge in [-0.25, -0.2) is 0 Å². The number of carbonyl (C=O) groups is 1. The van der Waals surface area contributed by atoms with Gasteiger partial charge in [0.05, 0.1) is 12.5 Å². The first-order valence-corrected chi connectivity index (χ1v) is 6.68. The van der Waals surface area contributed by atoms with Gasteiger partial charge in [0.1, 0.15) is 0 Å². The summed E-state index contributed by atoms with van der Waals surface area (Å²) >= 11 is 0. The number of carbonyl (C=O) groups excluding carboxylic acids is 1. The lowest BCUT2D eigenvalue weighted by atomic mass is 10.1. The molecule has 1 aliphatic heterocycles. The van der Waals surface area contributed by atoms with E-state index in [2.05, 4.69) is 11.4 Å². The van der Waals surface area contributed by atoms with E-state index in [-0.39, 0.29) is 11.9 Å². The van der Waals surface area contributed by atoms with Crippen molar-refractivity contribution < 1.29 is 4.79 Å². The third-order valence-electron chi connectivity index (χ3n) is 3.41. The molecule has 1 aliphatic rings. The van der Waals surface area contributed by atoms with Gasteiger partial charge in [-0.05, 0) is 44.0 Å². The van der Waals surface area contributed by atoms with Gasteiger partial charge in [-0.2, -0.15) is 5.26 Å². The minimum absolute atomic E-state index is 0.0138. The highest BCUT2D eigenvalue weighted by Crippen LogP contribution is 2.24. The molecule has 4 nitrogen and oxygen atoms in total. The van der Waals surface area contributed by atoms with Crippen molar-refractivity contribution in [2.75, 3.05) is 18.4 Å². The van der Waals surface area contributed by atoms with Crippen molar-refractivity contribution in [1.82, 2.24) is 4.90 Å². The number of rotatable bonds is 4. The lowest BCUT2D eigenvalue weighted by Gasteiger charge is -2.26. The Hall–Kier alpha value is -2.02. The predicted molar refractivity (Wildman–Crippen MR) is 75.0 cm³/mol. The average molecular weight is 257 g/mol. The molecular formula is C15H19N3O. The van der Waals surface area contributed by atoms with Crippen molar-refractivity contribution in [1.29, 1.82) is 5.26 Å². The largest absolute Gasteiger partial charge is 0.384 e. The van der Waals surface area contributed by atoms with E-state index in [0.29, 0.717) is 18.5 Å². The van der Waals surface area contributed by atoms with E-state index < -0.39 is 0 Å². The van der Waals surface area contributed by atoms with E-state index in [1.165, 1.54) is 5.56 Å². The fourth-order valence-corrected chi connectivity index (χ4v) is 2.37. The average Bonchev–Trinajstić information content (AvgIpc) is 2.85. The zero-order valence-electron chi connectivity index (χ0n) is 11.4. The number of nitrogens with one attached hydrogen (secondary N) is 1. The van der Waals surface area contributed by atoms with Gasteiger partial charge in [-0.15, -0.1) is 0 Å². The number of nitrogens with zero attached hydrogens (tertiary/aromatic N) is 2. The highest BCUT2D eigenvalue weighted by molar-refractivity contribution is 5.95. The van der Waals surface area contributed by atoms with Crippen molar-refractivity contribution in [2.45, 2.75) is 32.7 Å². The quantitative estimate of drug-likeness (QED) is 0.901. The summed E-state index contributed by atoms with van der Waals surface area (Å²) in [7, 11) is 0. The zero-order chi connectivity index (χ0) is 13.8. The fraction of sp³-hybridized carbons (Fsp3) is 0.467. The molecule has 0 unspecified atom stereocenters. The highest BCUT2D eigenvalue weighted by Gasteiger charge is 2.20. The van der Waals surface area contributed by atoms with E-state index in [0.717, 1.165) is 18.7 Å². The predicted octanol–water partition coefficient (Wildman–Crippen LogP) is 2.42. The third-order valence-corrected chi connectivity index (χ3v) is 3.41. The number of amides is 1. The summed E-state index contributed by atoms with van der Waals surface area (Å²) in [6.45, 7) is 5.38. The van der Waals surface area contributed by atoms with Crippen molar-refractivity contribution >= 4 is 11.6 Å². The number of hydrogen-bond acceptors (Lipinski definition) is 3. The van der Waals surface area contributed by atoms with E-state index in [1.54, 1.807) is 4.90 Å². The molecule has 0 spiro atoms. The van der Waals surface area contributed by atoms with Crippen LogP contribution in [-0.2, 0) is 6.42 Å². The van der Waals surface area contributed by atoms with Gasteiger partial charge in [-0.3, -0.25) is 4.79 Å². The molecule has 2 rings (SSSR count). The first-order valence-electron chi connectivity index (χ1n) is 6.68. The van der Waals surface area contributed by atoms with Crippen molar-refractivity contribution in [3.05, 3.63) is 29.3 Å². The van der Waals surface area contributed by atoms with Crippen LogP contribution < -0.4 is 5.32 Å². The molecule has 0 aromatic heterocycles. The molecule has 0 atom stereocenters. The topological polar surface area (TPSA) is 56.1 Å². The number of fused-ring (bicyclic) bond motifs is 1. The lowest BCUT2D eigenvalue weighted by molar-refractivity contribution is 0.0710. The first kappa shape index (κ1) is 13.4. The van der Waals surface area contributed by atoms with Crippen LogP contribution in [0.5, 0.6) is 0 Å². The van der Waals surface area contributed by atoms with Crippen molar-refractivity contribution in [3.8, 4) is 6.07 Å². The number of hydrogen-bond donors (Lipinski definition) is 1. The second-order valence-electron chi connectivity index (χ2n) is 5.05. The Kier molecular flexibility index (Phi) is 4.06. The molecule has 1 heterocycles. The molecule has 100 valence electrons. The second-order valence-corrected chi connectivity index (χ2v) is 5.05. The Morgan fingerprint density at radius 3 is 3.00 bits per heavy atom. The summed E-state index contributed by atoms with van der Waals surface area (Å²) in [4.78, 5) is 14.2. The number of benzene rings is 1. The van der Waals surface area contributed by atoms with Gasteiger partial charge in [-0.1, -0.05) is 0 Å². The molecule has 1 aromatic carbocycles. The molecule has 0 aliphatic carbocycles. The van der Waals surface area contributed by atoms with Gasteiger partial charge in [0.15, 0.2) is 0 Å². The Morgan fingerprint density at radius 1 is 1.53 bits per heavy atom. The Morgan fingerprint density at radius 2 is 2.32 bits per heavy atom. The van der Waals surface area contributed by atoms with Crippen LogP contribution in [0.1, 0.15) is 36.2 Å². The fourth-order valence-electron chi connectivity index (χ4n) is 2.37. The monoisotopic (exact) mass is 257 g/mol. The summed E-state index contributed by atoms with van der Waals surface area (Å²) < 4.78 is 0. The maximum atomic E-state index is 12.5. The molecular weight excluding hydrogens is 238 g/mol. The maximum absolute atomic E-state index is 12.5. The number of nitriles is 1. The Labute approximate surface area is 114 Å². The van der Waals surface area contributed by atoms with Crippen molar-refractivity contribution in [2.24, 2.45) is 0 Å². The third kappa shape index (κ3) is 2.87. The van der Waals surface area contributed by atoms with Crippen LogP contribution in [0.25, 0.3) is 0 Å². The Balaban J connectivity index is 2.19. The standard InChI is InChI=1S/C15H19N3O/c1-11(2)18(9-3-7-16)15(19)13-4-5-14-12(10-13)6-8-17-14/h4-5,10-11,17H,3,6,8-9H2,1-2H3. The van der Waals surface area contributed by atoms with E-state index in [1.807, 2.05) is 32.0 Å². The molecule has 0 bridgehead atoms. The van der Waals surface area contributed by atoms with Gasteiger partial charge in [0.2, 0.25) is 0 Å². The molecule has 1 aromatic rings. The van der Waals surface area contributed by atoms with Crippen LogP contribution in [0.4, 0.5) is 5.69 Å². The molecule has 1 N–H and O–H groups in total. The highest BCUT2D eigenvalue weighted by atomic mass is 16.2. The van der Waals surface area contributed by atoms with Gasteiger partial charge < -0.3 is 10.2 Å². The maximum Gasteiger partial charge on any atom is 0.254 e. The summed E-state index contributed by atoms with van der Waals surface area (Å²) in [5.74, 6) is 0.0138. The van der Waals surface area contributed by atoms with Gasteiger partial charge in [0.25, 0.3) is 5.91 Å². The van der Waals surface area contributed by atoms with Crippen LogP contribution in [0.3, 0.4) is 0 Å². The van der Waals surface area contributed by atoms with Crippen LogP contribution >= 0.6 is 0 Å². The molecule has 1 amide bonds. The van der Waals surface area contributed by atoms with Crippen LogP contribution in [0.15, 0.2) is 18.2 Å². The normalized spacial score (nSPS) is 12.7. The van der Waals surface area contributed by atoms with E-state index in [4.69, 9.17) is 5.26 Å². The van der Waals surface area contributed by atoms with E-state index in [9.17, 15) is 4.79 Å². The van der Waals surface area contributed by atoms with E-state index >= 15 is 0 Å². The molecule has 19 heavy (non-hydrogen) atoms. The number of anilines is 1. The molecule has 0 saturated heterocycles. The van der Waals surface area contributed by atoms with Crippen LogP contribution in [-0.4, -0.2) is 29.9 Å². The second kappa shape index (κ2) is 5.75. The van der Waals surface area contributed by atoms with Gasteiger partial charge in [0, 0.05) is 30.4 Å². The smallest absolute Gasteiger partial charge is 0.254 e. The van der Waals surface area contributed by atoms with Gasteiger partial charge >= 0.3 is 0 Å². The minimum atomic E-state index is 0.0138. The summed E-state index contributed by atoms with van der Waals surface area (Å²) in [6, 6.07) is 8.01. The SMILES string of the molecule is CC(C)N(CCC#N)C(=O)c1ccc2c(c1)CCN2. The Bertz CT molecular complexity index is 517. The summed E-state index contributed by atoms with van der Waals surface area (Å²) in [5, 5.41) is 12.0. The lowest BCUT2D eigenvalue weighted by Crippen LogP contribution is -2.37. The van der Waals surface area contributed by atoms with Crippen molar-refractivity contribution in [3.63, 3.8) is 0 Å². The van der Waals surface area contributed by atoms with Crippen LogP contribution in [0, 0.1) is 11.3 Å². The molecule has 0 saturated carbocycles.